The third-order valence-electron chi connectivity index (χ3n) is 5.88. The second-order valence-electron chi connectivity index (χ2n) is 11.1. The van der Waals surface area contributed by atoms with Crippen molar-refractivity contribution in [2.45, 2.75) is 65.1 Å². The summed E-state index contributed by atoms with van der Waals surface area (Å²) in [6.45, 7) is 9.71. The number of aryl methyl sites for hydroxylation is 1. The molecule has 0 aliphatic rings. The zero-order chi connectivity index (χ0) is 33.8. The number of carbonyl (C=O) groups is 1. The highest BCUT2D eigenvalue weighted by Crippen LogP contribution is 2.41. The van der Waals surface area contributed by atoms with Gasteiger partial charge in [-0.15, -0.1) is 0 Å². The minimum Gasteiger partial charge on any atom is -0.374 e. The number of allylic oxidation sites excluding steroid dienone is 1. The van der Waals surface area contributed by atoms with Crippen LogP contribution in [0.5, 0.6) is 0 Å². The van der Waals surface area contributed by atoms with E-state index in [0.717, 1.165) is 25.1 Å². The van der Waals surface area contributed by atoms with E-state index in [1.165, 1.54) is 13.0 Å². The SMILES string of the molecule is C=C(N[C@H](C)C(=O)NCC(F)(F)F)c1ccc(/C(F)=C/C(c2cc(C)cc(C#CC(C)(C)C)c2)C(F)(F)F)cc1C(F)(F)F. The monoisotopic (exact) mass is 636 g/mol. The molecule has 0 radical (unpaired) electrons. The molecule has 0 saturated carbocycles. The third-order valence-corrected chi connectivity index (χ3v) is 5.88. The quantitative estimate of drug-likeness (QED) is 0.225. The molecule has 0 aliphatic carbocycles. The summed E-state index contributed by atoms with van der Waals surface area (Å²) in [7, 11) is 0. The van der Waals surface area contributed by atoms with Crippen LogP contribution in [0.15, 0.2) is 49.1 Å². The van der Waals surface area contributed by atoms with Crippen molar-refractivity contribution in [3.8, 4) is 11.8 Å². The molecule has 2 aromatic rings. The highest BCUT2D eigenvalue weighted by molar-refractivity contribution is 5.83. The number of alkyl halides is 9. The van der Waals surface area contributed by atoms with E-state index in [0.29, 0.717) is 5.56 Å². The van der Waals surface area contributed by atoms with E-state index in [-0.39, 0.29) is 23.3 Å². The van der Waals surface area contributed by atoms with Crippen molar-refractivity contribution in [3.05, 3.63) is 82.4 Å². The van der Waals surface area contributed by atoms with Crippen LogP contribution in [0, 0.1) is 24.2 Å². The van der Waals surface area contributed by atoms with Crippen molar-refractivity contribution in [1.29, 1.82) is 0 Å². The number of hydrogen-bond donors (Lipinski definition) is 2. The first-order valence-electron chi connectivity index (χ1n) is 13.0. The standard InChI is InChI=1S/C31H30F10N2O/c1-17-11-20(9-10-28(4,5)6)13-22(12-17)24(30(36,37)38)15-26(32)21-7-8-23(25(14-21)31(39,40)41)18(2)43-19(3)27(44)42-16-29(33,34)35/h7-8,11-15,19,24,43H,2,16H2,1,3-6H3,(H,42,44)/b26-15-/t19-,24?/m1/s1. The first-order chi connectivity index (χ1) is 19.9. The predicted molar refractivity (Wildman–Crippen MR) is 148 cm³/mol. The molecule has 0 saturated heterocycles. The Morgan fingerprint density at radius 2 is 1.59 bits per heavy atom. The molecule has 0 aromatic heterocycles. The van der Waals surface area contributed by atoms with Gasteiger partial charge in [0.05, 0.1) is 5.56 Å². The van der Waals surface area contributed by atoms with Crippen LogP contribution in [0.2, 0.25) is 0 Å². The fraction of sp³-hybridized carbons (Fsp3) is 0.387. The van der Waals surface area contributed by atoms with Crippen molar-refractivity contribution in [2.24, 2.45) is 5.41 Å². The van der Waals surface area contributed by atoms with Gasteiger partial charge in [0.25, 0.3) is 0 Å². The number of benzene rings is 2. The van der Waals surface area contributed by atoms with E-state index in [9.17, 15) is 44.3 Å². The minimum atomic E-state index is -5.15. The van der Waals surface area contributed by atoms with Crippen LogP contribution >= 0.6 is 0 Å². The summed E-state index contributed by atoms with van der Waals surface area (Å²) in [5, 5.41) is 3.82. The summed E-state index contributed by atoms with van der Waals surface area (Å²) in [4.78, 5) is 11.9. The van der Waals surface area contributed by atoms with Crippen LogP contribution in [0.4, 0.5) is 43.9 Å². The summed E-state index contributed by atoms with van der Waals surface area (Å²) >= 11 is 0. The second-order valence-corrected chi connectivity index (χ2v) is 11.1. The molecule has 0 aliphatic heterocycles. The molecule has 2 atom stereocenters. The molecular formula is C31H30F10N2O. The number of nitrogens with one attached hydrogen (secondary N) is 2. The molecule has 13 heteroatoms. The molecule has 0 bridgehead atoms. The summed E-state index contributed by atoms with van der Waals surface area (Å²) in [6, 6.07) is 4.22. The maximum Gasteiger partial charge on any atom is 0.417 e. The Kier molecular flexibility index (Phi) is 11.0. The fourth-order valence-corrected chi connectivity index (χ4v) is 3.88. The Balaban J connectivity index is 2.50. The molecule has 240 valence electrons. The predicted octanol–water partition coefficient (Wildman–Crippen LogP) is 8.70. The summed E-state index contributed by atoms with van der Waals surface area (Å²) in [6.07, 6.45) is -14.7. The number of hydrogen-bond acceptors (Lipinski definition) is 2. The van der Waals surface area contributed by atoms with E-state index in [2.05, 4.69) is 23.7 Å². The average molecular weight is 637 g/mol. The lowest BCUT2D eigenvalue weighted by atomic mass is 9.92. The third kappa shape index (κ3) is 11.0. The van der Waals surface area contributed by atoms with Crippen LogP contribution in [0.3, 0.4) is 0 Å². The normalized spacial score (nSPS) is 14.3. The van der Waals surface area contributed by atoms with Gasteiger partial charge in [0.15, 0.2) is 0 Å². The van der Waals surface area contributed by atoms with E-state index in [4.69, 9.17) is 0 Å². The van der Waals surface area contributed by atoms with E-state index >= 15 is 4.39 Å². The summed E-state index contributed by atoms with van der Waals surface area (Å²) in [5.74, 6) is 0.371. The minimum absolute atomic E-state index is 0.172. The fourth-order valence-electron chi connectivity index (χ4n) is 3.88. The van der Waals surface area contributed by atoms with Gasteiger partial charge in [-0.25, -0.2) is 4.39 Å². The van der Waals surface area contributed by atoms with Crippen molar-refractivity contribution in [1.82, 2.24) is 10.6 Å². The van der Waals surface area contributed by atoms with Crippen molar-refractivity contribution < 1.29 is 48.7 Å². The largest absolute Gasteiger partial charge is 0.417 e. The van der Waals surface area contributed by atoms with Crippen LogP contribution in [-0.4, -0.2) is 30.8 Å². The number of rotatable bonds is 8. The van der Waals surface area contributed by atoms with Crippen molar-refractivity contribution in [3.63, 3.8) is 0 Å². The Morgan fingerprint density at radius 3 is 2.11 bits per heavy atom. The average Bonchev–Trinajstić information content (AvgIpc) is 2.86. The molecule has 44 heavy (non-hydrogen) atoms. The molecule has 1 amide bonds. The number of carbonyl (C=O) groups excluding carboxylic acids is 1. The van der Waals surface area contributed by atoms with Gasteiger partial charge in [-0.3, -0.25) is 4.79 Å². The first kappa shape index (κ1) is 36.2. The molecule has 2 N–H and O–H groups in total. The van der Waals surface area contributed by atoms with E-state index < -0.39 is 76.6 Å². The summed E-state index contributed by atoms with van der Waals surface area (Å²) in [5.41, 5.74) is -3.74. The van der Waals surface area contributed by atoms with Gasteiger partial charge in [-0.05, 0) is 70.0 Å². The van der Waals surface area contributed by atoms with Crippen LogP contribution in [0.25, 0.3) is 11.5 Å². The molecule has 2 rings (SSSR count). The Labute approximate surface area is 248 Å². The van der Waals surface area contributed by atoms with Gasteiger partial charge in [-0.1, -0.05) is 36.6 Å². The van der Waals surface area contributed by atoms with Gasteiger partial charge < -0.3 is 10.6 Å². The molecular weight excluding hydrogens is 606 g/mol. The van der Waals surface area contributed by atoms with Gasteiger partial charge in [-0.2, -0.15) is 39.5 Å². The molecule has 1 unspecified atom stereocenters. The highest BCUT2D eigenvalue weighted by Gasteiger charge is 2.40. The zero-order valence-electron chi connectivity index (χ0n) is 24.3. The van der Waals surface area contributed by atoms with Crippen LogP contribution in [-0.2, 0) is 11.0 Å². The van der Waals surface area contributed by atoms with Gasteiger partial charge in [0.1, 0.15) is 24.3 Å². The molecule has 0 spiro atoms. The lowest BCUT2D eigenvalue weighted by Gasteiger charge is -2.21. The first-order valence-corrected chi connectivity index (χ1v) is 13.0. The Bertz CT molecular complexity index is 1470. The van der Waals surface area contributed by atoms with E-state index in [1.54, 1.807) is 32.2 Å². The Hall–Kier alpha value is -3.95. The van der Waals surface area contributed by atoms with Gasteiger partial charge >= 0.3 is 18.5 Å². The molecule has 2 aromatic carbocycles. The number of halogens is 10. The maximum absolute atomic E-state index is 15.3. The topological polar surface area (TPSA) is 41.1 Å². The lowest BCUT2D eigenvalue weighted by molar-refractivity contribution is -0.140. The molecule has 0 heterocycles. The second kappa shape index (κ2) is 13.4. The lowest BCUT2D eigenvalue weighted by Crippen LogP contribution is -2.44. The summed E-state index contributed by atoms with van der Waals surface area (Å²) < 4.78 is 137. The van der Waals surface area contributed by atoms with Crippen LogP contribution < -0.4 is 10.6 Å². The number of amides is 1. The van der Waals surface area contributed by atoms with Crippen LogP contribution in [0.1, 0.15) is 67.0 Å². The van der Waals surface area contributed by atoms with Crippen molar-refractivity contribution in [2.75, 3.05) is 6.54 Å². The van der Waals surface area contributed by atoms with Crippen molar-refractivity contribution >= 4 is 17.4 Å². The van der Waals surface area contributed by atoms with Gasteiger partial charge in [0.2, 0.25) is 5.91 Å². The van der Waals surface area contributed by atoms with E-state index in [1.807, 2.05) is 0 Å². The molecule has 0 fully saturated rings. The Morgan fingerprint density at radius 1 is 0.977 bits per heavy atom. The zero-order valence-corrected chi connectivity index (χ0v) is 24.3. The highest BCUT2D eigenvalue weighted by atomic mass is 19.4. The smallest absolute Gasteiger partial charge is 0.374 e. The van der Waals surface area contributed by atoms with Gasteiger partial charge in [0, 0.05) is 27.8 Å². The molecule has 3 nitrogen and oxygen atoms in total. The maximum atomic E-state index is 15.3.